The summed E-state index contributed by atoms with van der Waals surface area (Å²) in [5.74, 6) is -1.06. The number of hydrogen-bond acceptors (Lipinski definition) is 5. The number of rotatable bonds is 6. The van der Waals surface area contributed by atoms with Crippen molar-refractivity contribution in [2.75, 3.05) is 12.4 Å². The Morgan fingerprint density at radius 1 is 0.794 bits per heavy atom. The van der Waals surface area contributed by atoms with E-state index in [4.69, 9.17) is 4.74 Å². The molecule has 7 nitrogen and oxygen atoms in total. The maximum Gasteiger partial charge on any atom is 0.274 e. The van der Waals surface area contributed by atoms with Gasteiger partial charge in [-0.1, -0.05) is 29.8 Å². The Bertz CT molecular complexity index is 1360. The largest absolute Gasteiger partial charge is 0.457 e. The first-order chi connectivity index (χ1) is 16.4. The number of carbonyl (C=O) groups excluding carboxylic acids is 2. The van der Waals surface area contributed by atoms with Gasteiger partial charge in [-0.3, -0.25) is 19.6 Å². The van der Waals surface area contributed by atoms with Gasteiger partial charge in [-0.15, -0.1) is 0 Å². The Morgan fingerprint density at radius 2 is 1.47 bits per heavy atom. The third-order valence-corrected chi connectivity index (χ3v) is 4.99. The van der Waals surface area contributed by atoms with Crippen LogP contribution in [0.1, 0.15) is 26.5 Å². The summed E-state index contributed by atoms with van der Waals surface area (Å²) in [5.41, 5.74) is 3.24. The van der Waals surface area contributed by atoms with E-state index in [1.54, 1.807) is 18.3 Å². The van der Waals surface area contributed by atoms with E-state index < -0.39 is 11.7 Å². The molecule has 0 saturated carbocycles. The van der Waals surface area contributed by atoms with Crippen LogP contribution in [0.5, 0.6) is 11.5 Å². The first kappa shape index (κ1) is 22.6. The van der Waals surface area contributed by atoms with Crippen molar-refractivity contribution in [3.8, 4) is 22.6 Å². The van der Waals surface area contributed by atoms with Crippen LogP contribution in [0.25, 0.3) is 11.1 Å². The summed E-state index contributed by atoms with van der Waals surface area (Å²) >= 11 is 0. The molecule has 0 fully saturated rings. The second-order valence-electron chi connectivity index (χ2n) is 7.45. The number of hydrogen-bond donors (Lipinski definition) is 2. The van der Waals surface area contributed by atoms with E-state index in [1.165, 1.54) is 31.4 Å². The lowest BCUT2D eigenvalue weighted by atomic mass is 10.0. The molecule has 2 aromatic heterocycles. The zero-order chi connectivity index (χ0) is 24.1. The molecular formula is C26H21FN4O3. The average Bonchev–Trinajstić information content (AvgIpc) is 2.86. The van der Waals surface area contributed by atoms with Crippen molar-refractivity contribution in [3.63, 3.8) is 0 Å². The summed E-state index contributed by atoms with van der Waals surface area (Å²) in [7, 11) is 1.49. The van der Waals surface area contributed by atoms with Crippen molar-refractivity contribution in [1.29, 1.82) is 0 Å². The molecule has 0 aliphatic heterocycles. The molecule has 0 radical (unpaired) electrons. The first-order valence-electron chi connectivity index (χ1n) is 10.4. The van der Waals surface area contributed by atoms with Crippen LogP contribution >= 0.6 is 0 Å². The number of nitrogens with zero attached hydrogens (tertiary/aromatic N) is 2. The van der Waals surface area contributed by atoms with Crippen molar-refractivity contribution in [2.45, 2.75) is 6.92 Å². The zero-order valence-corrected chi connectivity index (χ0v) is 18.5. The number of aromatic nitrogens is 2. The summed E-state index contributed by atoms with van der Waals surface area (Å²) in [5, 5.41) is 5.02. The first-order valence-corrected chi connectivity index (χ1v) is 10.4. The van der Waals surface area contributed by atoms with E-state index in [1.807, 2.05) is 37.3 Å². The normalized spacial score (nSPS) is 10.4. The monoisotopic (exact) mass is 456 g/mol. The van der Waals surface area contributed by atoms with Crippen molar-refractivity contribution >= 4 is 17.5 Å². The van der Waals surface area contributed by atoms with Crippen molar-refractivity contribution in [1.82, 2.24) is 15.3 Å². The molecular weight excluding hydrogens is 435 g/mol. The molecule has 0 aliphatic carbocycles. The van der Waals surface area contributed by atoms with Crippen LogP contribution < -0.4 is 15.4 Å². The lowest BCUT2D eigenvalue weighted by Gasteiger charge is -2.10. The van der Waals surface area contributed by atoms with Crippen molar-refractivity contribution in [3.05, 3.63) is 102 Å². The van der Waals surface area contributed by atoms with Gasteiger partial charge in [0, 0.05) is 31.6 Å². The fourth-order valence-corrected chi connectivity index (χ4v) is 3.19. The van der Waals surface area contributed by atoms with Gasteiger partial charge in [0.25, 0.3) is 11.8 Å². The SMILES string of the molecule is CNC(=O)c1cc(Oc2ccc(NC(=O)c3cc(-c4ccc(C)cc4)ccn3)c(F)c2)ccn1. The van der Waals surface area contributed by atoms with Gasteiger partial charge in [-0.25, -0.2) is 4.39 Å². The minimum Gasteiger partial charge on any atom is -0.457 e. The van der Waals surface area contributed by atoms with Crippen LogP contribution in [0, 0.1) is 12.7 Å². The van der Waals surface area contributed by atoms with Gasteiger partial charge >= 0.3 is 0 Å². The predicted molar refractivity (Wildman–Crippen MR) is 126 cm³/mol. The van der Waals surface area contributed by atoms with E-state index in [2.05, 4.69) is 20.6 Å². The molecule has 4 rings (SSSR count). The molecule has 2 N–H and O–H groups in total. The van der Waals surface area contributed by atoms with Crippen molar-refractivity contribution < 1.29 is 18.7 Å². The number of carbonyl (C=O) groups is 2. The minimum atomic E-state index is -0.680. The maximum absolute atomic E-state index is 14.7. The predicted octanol–water partition coefficient (Wildman–Crippen LogP) is 5.00. The summed E-state index contributed by atoms with van der Waals surface area (Å²) in [4.78, 5) is 32.5. The topological polar surface area (TPSA) is 93.2 Å². The number of benzene rings is 2. The number of halogens is 1. The van der Waals surface area contributed by atoms with Gasteiger partial charge in [-0.05, 0) is 48.4 Å². The Kier molecular flexibility index (Phi) is 6.59. The van der Waals surface area contributed by atoms with E-state index >= 15 is 0 Å². The highest BCUT2D eigenvalue weighted by atomic mass is 19.1. The molecule has 2 aromatic carbocycles. The molecule has 2 amide bonds. The molecule has 0 saturated heterocycles. The summed E-state index contributed by atoms with van der Waals surface area (Å²) in [6, 6.07) is 18.4. The molecule has 0 spiro atoms. The Balaban J connectivity index is 1.48. The average molecular weight is 456 g/mol. The van der Waals surface area contributed by atoms with E-state index in [0.29, 0.717) is 5.75 Å². The molecule has 0 unspecified atom stereocenters. The number of nitrogens with one attached hydrogen (secondary N) is 2. The number of pyridine rings is 2. The molecule has 0 bridgehead atoms. The van der Waals surface area contributed by atoms with Crippen LogP contribution in [-0.4, -0.2) is 28.8 Å². The smallest absolute Gasteiger partial charge is 0.274 e. The van der Waals surface area contributed by atoms with Gasteiger partial charge in [0.15, 0.2) is 0 Å². The number of amides is 2. The second kappa shape index (κ2) is 9.91. The number of aryl methyl sites for hydroxylation is 1. The molecule has 2 heterocycles. The second-order valence-corrected chi connectivity index (χ2v) is 7.45. The third kappa shape index (κ3) is 5.24. The van der Waals surface area contributed by atoms with Crippen LogP contribution in [0.15, 0.2) is 79.1 Å². The molecule has 34 heavy (non-hydrogen) atoms. The van der Waals surface area contributed by atoms with Crippen LogP contribution in [0.4, 0.5) is 10.1 Å². The molecule has 8 heteroatoms. The number of anilines is 1. The Morgan fingerprint density at radius 3 is 2.18 bits per heavy atom. The molecule has 4 aromatic rings. The summed E-state index contributed by atoms with van der Waals surface area (Å²) < 4.78 is 20.3. The summed E-state index contributed by atoms with van der Waals surface area (Å²) in [6.45, 7) is 2.00. The third-order valence-electron chi connectivity index (χ3n) is 4.99. The van der Waals surface area contributed by atoms with Crippen LogP contribution in [0.3, 0.4) is 0 Å². The quantitative estimate of drug-likeness (QED) is 0.426. The Hall–Kier alpha value is -4.59. The molecule has 170 valence electrons. The highest BCUT2D eigenvalue weighted by molar-refractivity contribution is 6.03. The van der Waals surface area contributed by atoms with E-state index in [9.17, 15) is 14.0 Å². The van der Waals surface area contributed by atoms with Crippen LogP contribution in [-0.2, 0) is 0 Å². The fourth-order valence-electron chi connectivity index (χ4n) is 3.19. The maximum atomic E-state index is 14.7. The fraction of sp³-hybridized carbons (Fsp3) is 0.0769. The van der Waals surface area contributed by atoms with Crippen molar-refractivity contribution in [2.24, 2.45) is 0 Å². The molecule has 0 atom stereocenters. The number of ether oxygens (including phenoxy) is 1. The van der Waals surface area contributed by atoms with Gasteiger partial charge in [0.05, 0.1) is 5.69 Å². The van der Waals surface area contributed by atoms with Gasteiger partial charge in [-0.2, -0.15) is 0 Å². The zero-order valence-electron chi connectivity index (χ0n) is 18.5. The van der Waals surface area contributed by atoms with E-state index in [-0.39, 0.29) is 28.7 Å². The highest BCUT2D eigenvalue weighted by Gasteiger charge is 2.13. The van der Waals surface area contributed by atoms with Gasteiger partial charge in [0.2, 0.25) is 0 Å². The summed E-state index contributed by atoms with van der Waals surface area (Å²) in [6.07, 6.45) is 2.96. The van der Waals surface area contributed by atoms with E-state index in [0.717, 1.165) is 22.8 Å². The Labute approximate surface area is 195 Å². The lowest BCUT2D eigenvalue weighted by Crippen LogP contribution is -2.18. The lowest BCUT2D eigenvalue weighted by molar-refractivity contribution is 0.0957. The highest BCUT2D eigenvalue weighted by Crippen LogP contribution is 2.26. The van der Waals surface area contributed by atoms with Gasteiger partial charge < -0.3 is 15.4 Å². The molecule has 0 aliphatic rings. The standard InChI is InChI=1S/C26H21FN4O3/c1-16-3-5-17(6-4-16)18-9-11-29-23(13-18)26(33)31-22-8-7-19(14-21(22)27)34-20-10-12-30-24(15-20)25(32)28-2/h3-15H,1-2H3,(H,28,32)(H,31,33). The van der Waals surface area contributed by atoms with Crippen LogP contribution in [0.2, 0.25) is 0 Å². The van der Waals surface area contributed by atoms with Gasteiger partial charge in [0.1, 0.15) is 28.7 Å². The minimum absolute atomic E-state index is 0.0133.